The Morgan fingerprint density at radius 1 is 1.24 bits per heavy atom. The molecule has 0 spiro atoms. The fraction of sp³-hybridized carbons (Fsp3) is 0.286. The Morgan fingerprint density at radius 2 is 2.10 bits per heavy atom. The van der Waals surface area contributed by atoms with Crippen LogP contribution in [0.4, 0.5) is 0 Å². The number of hydrogen-bond donors (Lipinski definition) is 1. The van der Waals surface area contributed by atoms with Gasteiger partial charge in [0.2, 0.25) is 0 Å². The van der Waals surface area contributed by atoms with Crippen molar-refractivity contribution in [3.05, 3.63) is 77.4 Å². The Balaban J connectivity index is 1.48. The third kappa shape index (κ3) is 3.87. The van der Waals surface area contributed by atoms with E-state index in [-0.39, 0.29) is 17.9 Å². The second-order valence-corrected chi connectivity index (χ2v) is 7.11. The number of aryl methyl sites for hydroxylation is 1. The van der Waals surface area contributed by atoms with Crippen molar-refractivity contribution in [2.75, 3.05) is 6.54 Å². The normalized spacial score (nSPS) is 15.7. The van der Waals surface area contributed by atoms with Gasteiger partial charge in [0.25, 0.3) is 11.8 Å². The van der Waals surface area contributed by atoms with Crippen molar-refractivity contribution in [3.63, 3.8) is 0 Å². The highest BCUT2D eigenvalue weighted by Crippen LogP contribution is 2.26. The summed E-state index contributed by atoms with van der Waals surface area (Å²) in [6.07, 6.45) is 6.74. The van der Waals surface area contributed by atoms with E-state index in [2.05, 4.69) is 20.3 Å². The van der Waals surface area contributed by atoms with Crippen molar-refractivity contribution in [2.24, 2.45) is 0 Å². The lowest BCUT2D eigenvalue weighted by Gasteiger charge is -2.33. The summed E-state index contributed by atoms with van der Waals surface area (Å²) >= 11 is 0. The molecule has 29 heavy (non-hydrogen) atoms. The van der Waals surface area contributed by atoms with Gasteiger partial charge in [0.05, 0.1) is 23.8 Å². The standard InChI is InChI=1S/C21H22N6O2/c1-14-9-16(11-22-10-14)21(29)27-8-7-26-13-18(25-19(26)15(27)2)20(28)24-12-17-5-3-4-6-23-17/h3-6,9-11,13,15H,7-8,12H2,1-2H3,(H,24,28)/t15-/m0/s1. The van der Waals surface area contributed by atoms with Gasteiger partial charge in [0, 0.05) is 37.9 Å². The van der Waals surface area contributed by atoms with E-state index in [0.29, 0.717) is 36.7 Å². The van der Waals surface area contributed by atoms with Crippen molar-refractivity contribution >= 4 is 11.8 Å². The molecule has 1 aliphatic heterocycles. The lowest BCUT2D eigenvalue weighted by atomic mass is 10.1. The summed E-state index contributed by atoms with van der Waals surface area (Å²) in [5.41, 5.74) is 2.62. The van der Waals surface area contributed by atoms with Gasteiger partial charge in [-0.3, -0.25) is 19.6 Å². The zero-order chi connectivity index (χ0) is 20.4. The summed E-state index contributed by atoms with van der Waals surface area (Å²) in [6.45, 7) is 5.31. The molecule has 0 unspecified atom stereocenters. The predicted molar refractivity (Wildman–Crippen MR) is 106 cm³/mol. The molecule has 0 radical (unpaired) electrons. The molecule has 0 fully saturated rings. The minimum absolute atomic E-state index is 0.0795. The first-order valence-corrected chi connectivity index (χ1v) is 9.50. The Bertz CT molecular complexity index is 1050. The van der Waals surface area contributed by atoms with E-state index in [9.17, 15) is 9.59 Å². The predicted octanol–water partition coefficient (Wildman–Crippen LogP) is 2.13. The largest absolute Gasteiger partial charge is 0.345 e. The topological polar surface area (TPSA) is 93.0 Å². The number of carbonyl (C=O) groups excluding carboxylic acids is 2. The van der Waals surface area contributed by atoms with Crippen LogP contribution in [0, 0.1) is 6.92 Å². The zero-order valence-corrected chi connectivity index (χ0v) is 16.4. The van der Waals surface area contributed by atoms with E-state index in [4.69, 9.17) is 0 Å². The summed E-state index contributed by atoms with van der Waals surface area (Å²) in [6, 6.07) is 7.15. The molecule has 148 valence electrons. The van der Waals surface area contributed by atoms with Gasteiger partial charge in [-0.05, 0) is 37.6 Å². The average Bonchev–Trinajstić information content (AvgIpc) is 3.18. The SMILES string of the molecule is Cc1cncc(C(=O)N2CCn3cc(C(=O)NCc4ccccn4)nc3[C@@H]2C)c1. The van der Waals surface area contributed by atoms with Gasteiger partial charge in [-0.25, -0.2) is 4.98 Å². The minimum Gasteiger partial charge on any atom is -0.345 e. The molecule has 0 aromatic carbocycles. The van der Waals surface area contributed by atoms with Gasteiger partial charge in [-0.2, -0.15) is 0 Å². The van der Waals surface area contributed by atoms with Gasteiger partial charge in [0.15, 0.2) is 0 Å². The third-order valence-corrected chi connectivity index (χ3v) is 5.00. The maximum Gasteiger partial charge on any atom is 0.271 e. The van der Waals surface area contributed by atoms with Crippen LogP contribution >= 0.6 is 0 Å². The van der Waals surface area contributed by atoms with Crippen molar-refractivity contribution in [1.82, 2.24) is 29.7 Å². The number of nitrogens with zero attached hydrogens (tertiary/aromatic N) is 5. The van der Waals surface area contributed by atoms with Crippen molar-refractivity contribution in [1.29, 1.82) is 0 Å². The molecule has 8 nitrogen and oxygen atoms in total. The average molecular weight is 390 g/mol. The number of pyridine rings is 2. The Kier molecular flexibility index (Phi) is 5.07. The molecule has 0 bridgehead atoms. The second kappa shape index (κ2) is 7.83. The van der Waals surface area contributed by atoms with Gasteiger partial charge in [0.1, 0.15) is 11.5 Å². The molecule has 0 aliphatic carbocycles. The summed E-state index contributed by atoms with van der Waals surface area (Å²) in [5.74, 6) is 0.364. The first-order valence-electron chi connectivity index (χ1n) is 9.50. The van der Waals surface area contributed by atoms with E-state index < -0.39 is 0 Å². The smallest absolute Gasteiger partial charge is 0.271 e. The van der Waals surface area contributed by atoms with E-state index >= 15 is 0 Å². The fourth-order valence-corrected chi connectivity index (χ4v) is 3.48. The maximum atomic E-state index is 12.9. The highest BCUT2D eigenvalue weighted by Gasteiger charge is 2.31. The first kappa shape index (κ1) is 18.8. The van der Waals surface area contributed by atoms with Crippen molar-refractivity contribution < 1.29 is 9.59 Å². The van der Waals surface area contributed by atoms with Crippen LogP contribution in [0.15, 0.2) is 49.1 Å². The second-order valence-electron chi connectivity index (χ2n) is 7.11. The van der Waals surface area contributed by atoms with Gasteiger partial charge >= 0.3 is 0 Å². The third-order valence-electron chi connectivity index (χ3n) is 5.00. The number of hydrogen-bond acceptors (Lipinski definition) is 5. The zero-order valence-electron chi connectivity index (χ0n) is 16.4. The number of carbonyl (C=O) groups is 2. The minimum atomic E-state index is -0.259. The van der Waals surface area contributed by atoms with Crippen LogP contribution in [-0.2, 0) is 13.1 Å². The maximum absolute atomic E-state index is 12.9. The number of nitrogens with one attached hydrogen (secondary N) is 1. The van der Waals surface area contributed by atoms with Gasteiger partial charge in [-0.1, -0.05) is 6.07 Å². The van der Waals surface area contributed by atoms with Crippen molar-refractivity contribution in [2.45, 2.75) is 33.0 Å². The molecule has 1 atom stereocenters. The number of rotatable bonds is 4. The van der Waals surface area contributed by atoms with Crippen LogP contribution in [0.3, 0.4) is 0 Å². The molecule has 1 aliphatic rings. The van der Waals surface area contributed by atoms with Crippen molar-refractivity contribution in [3.8, 4) is 0 Å². The highest BCUT2D eigenvalue weighted by molar-refractivity contribution is 5.94. The summed E-state index contributed by atoms with van der Waals surface area (Å²) in [4.78, 5) is 40.0. The van der Waals surface area contributed by atoms with E-state index in [1.54, 1.807) is 29.7 Å². The monoisotopic (exact) mass is 390 g/mol. The van der Waals surface area contributed by atoms with Crippen LogP contribution in [0.2, 0.25) is 0 Å². The molecule has 1 N–H and O–H groups in total. The molecule has 4 rings (SSSR count). The number of fused-ring (bicyclic) bond motifs is 1. The molecular weight excluding hydrogens is 368 g/mol. The molecule has 2 amide bonds. The van der Waals surface area contributed by atoms with Crippen LogP contribution in [0.1, 0.15) is 50.9 Å². The van der Waals surface area contributed by atoms with E-state index in [1.165, 1.54) is 0 Å². The van der Waals surface area contributed by atoms with Crippen LogP contribution < -0.4 is 5.32 Å². The van der Waals surface area contributed by atoms with Crippen LogP contribution in [-0.4, -0.2) is 42.8 Å². The molecule has 0 saturated carbocycles. The first-order chi connectivity index (χ1) is 14.0. The molecule has 3 aromatic rings. The fourth-order valence-electron chi connectivity index (χ4n) is 3.48. The summed E-state index contributed by atoms with van der Waals surface area (Å²) in [7, 11) is 0. The molecule has 4 heterocycles. The Labute approximate surface area is 168 Å². The van der Waals surface area contributed by atoms with E-state index in [0.717, 1.165) is 11.3 Å². The quantitative estimate of drug-likeness (QED) is 0.737. The van der Waals surface area contributed by atoms with Gasteiger partial charge < -0.3 is 14.8 Å². The highest BCUT2D eigenvalue weighted by atomic mass is 16.2. The molecule has 3 aromatic heterocycles. The number of aromatic nitrogens is 4. The molecular formula is C21H22N6O2. The molecule has 0 saturated heterocycles. The summed E-state index contributed by atoms with van der Waals surface area (Å²) in [5, 5.41) is 2.84. The number of amides is 2. The lowest BCUT2D eigenvalue weighted by molar-refractivity contribution is 0.0637. The summed E-state index contributed by atoms with van der Waals surface area (Å²) < 4.78 is 1.94. The number of imidazole rings is 1. The Morgan fingerprint density at radius 3 is 2.86 bits per heavy atom. The van der Waals surface area contributed by atoms with Crippen LogP contribution in [0.5, 0.6) is 0 Å². The Hall–Kier alpha value is -3.55. The van der Waals surface area contributed by atoms with Gasteiger partial charge in [-0.15, -0.1) is 0 Å². The van der Waals surface area contributed by atoms with Crippen LogP contribution in [0.25, 0.3) is 0 Å². The van der Waals surface area contributed by atoms with E-state index in [1.807, 2.05) is 42.7 Å². The lowest BCUT2D eigenvalue weighted by Crippen LogP contribution is -2.41. The molecule has 8 heteroatoms.